The van der Waals surface area contributed by atoms with Crippen molar-refractivity contribution < 1.29 is 0 Å². The second kappa shape index (κ2) is 53.7. The highest BCUT2D eigenvalue weighted by Crippen LogP contribution is 2.30. The van der Waals surface area contributed by atoms with E-state index in [1.807, 2.05) is 12.1 Å². The molecule has 0 aromatic heterocycles. The monoisotopic (exact) mass is 996 g/mol. The van der Waals surface area contributed by atoms with Crippen molar-refractivity contribution in [2.45, 2.75) is 290 Å². The van der Waals surface area contributed by atoms with Gasteiger partial charge in [0.25, 0.3) is 0 Å². The summed E-state index contributed by atoms with van der Waals surface area (Å²) in [5.74, 6) is 0. The summed E-state index contributed by atoms with van der Waals surface area (Å²) in [5.41, 5.74) is 0. The molecule has 0 N–H and O–H groups in total. The van der Waals surface area contributed by atoms with Gasteiger partial charge in [-0.3, -0.25) is 0 Å². The van der Waals surface area contributed by atoms with Gasteiger partial charge in [-0.2, -0.15) is 0 Å². The molecule has 3 aromatic carbocycles. The molecule has 3 heteroatoms. The molecular weight excluding hydrogens is 877 g/mol. The van der Waals surface area contributed by atoms with Crippen LogP contribution in [0.4, 0.5) is 0 Å². The lowest BCUT2D eigenvalue weighted by Crippen LogP contribution is -2.47. The van der Waals surface area contributed by atoms with Crippen LogP contribution in [0.3, 0.4) is 0 Å². The van der Waals surface area contributed by atoms with Gasteiger partial charge in [0.05, 0.1) is 29.7 Å². The van der Waals surface area contributed by atoms with Crippen LogP contribution >= 0.6 is 0 Å². The van der Waals surface area contributed by atoms with Crippen molar-refractivity contribution in [1.82, 2.24) is 0 Å². The lowest BCUT2D eigenvalue weighted by Gasteiger charge is -2.33. The van der Waals surface area contributed by atoms with E-state index in [2.05, 4.69) is 139 Å². The molecule has 0 nitrogen and oxygen atoms in total. The summed E-state index contributed by atoms with van der Waals surface area (Å²) in [6.45, 7) is 17.4. The number of benzene rings is 3. The maximum atomic E-state index is 3.63. The standard InChI is InChI=1S/C30H56Si.C22H40Si.C8H15.C6H8Si/c1-4-7-10-13-16-22-27-31(30-25-20-19-21-26-30,28-23-17-14-11-8-5-2)29-24-18-15-12-9-6-3;1-3-5-7-9-11-16-20-23(22-18-14-13-15-19-22)21-17-12-10-8-6-4-2;1-3-5-7-8-6-4-2;7-6-4-2-1-3-5-6/h19-21,25-26H,4-18,22-24,27-29H2,1-3H3;13-15,18-19,23H,3-12,16-17,20-21H2,1-2H3;3,7H,1,4-6,8H2,2H3;1-5H,7H3/q;;+1;. The maximum Gasteiger partial charge on any atom is 0.105 e. The highest BCUT2D eigenvalue weighted by Gasteiger charge is 2.33. The summed E-state index contributed by atoms with van der Waals surface area (Å²) in [4.78, 5) is 0. The number of allylic oxidation sites excluding steroid dienone is 1. The van der Waals surface area contributed by atoms with Gasteiger partial charge in [0.2, 0.25) is 0 Å². The van der Waals surface area contributed by atoms with Crippen LogP contribution in [0.15, 0.2) is 104 Å². The quantitative estimate of drug-likeness (QED) is 0.0230. The molecule has 0 aliphatic heterocycles. The average Bonchev–Trinajstić information content (AvgIpc) is 3.38. The van der Waals surface area contributed by atoms with Crippen molar-refractivity contribution in [3.8, 4) is 0 Å². The van der Waals surface area contributed by atoms with Gasteiger partial charge in [0.1, 0.15) is 6.42 Å². The van der Waals surface area contributed by atoms with Gasteiger partial charge in [0.15, 0.2) is 0 Å². The van der Waals surface area contributed by atoms with Gasteiger partial charge in [-0.15, -0.1) is 0 Å². The first-order valence-electron chi connectivity index (χ1n) is 30.5. The molecule has 0 spiro atoms. The van der Waals surface area contributed by atoms with E-state index in [-0.39, 0.29) is 0 Å². The van der Waals surface area contributed by atoms with Crippen LogP contribution in [-0.4, -0.2) is 27.1 Å². The summed E-state index contributed by atoms with van der Waals surface area (Å²) in [6, 6.07) is 41.6. The van der Waals surface area contributed by atoms with Crippen LogP contribution in [0.1, 0.15) is 260 Å². The van der Waals surface area contributed by atoms with E-state index >= 15 is 0 Å². The molecule has 0 saturated carbocycles. The molecule has 0 unspecified atom stereocenters. The molecule has 0 radical (unpaired) electrons. The molecule has 0 aliphatic carbocycles. The Morgan fingerprint density at radius 2 is 0.725 bits per heavy atom. The summed E-state index contributed by atoms with van der Waals surface area (Å²) in [6.07, 6.45) is 52.4. The molecule has 0 bridgehead atoms. The summed E-state index contributed by atoms with van der Waals surface area (Å²) in [7, 11) is -0.913. The van der Waals surface area contributed by atoms with E-state index in [1.165, 1.54) is 239 Å². The van der Waals surface area contributed by atoms with E-state index < -0.39 is 16.9 Å². The van der Waals surface area contributed by atoms with E-state index in [0.717, 1.165) is 6.42 Å². The molecular formula is C66H119Si3+. The minimum Gasteiger partial charge on any atom is -0.0989 e. The Morgan fingerprint density at radius 3 is 1.06 bits per heavy atom. The van der Waals surface area contributed by atoms with Crippen LogP contribution in [0.2, 0.25) is 30.2 Å². The van der Waals surface area contributed by atoms with Gasteiger partial charge in [-0.05, 0) is 12.5 Å². The summed E-state index contributed by atoms with van der Waals surface area (Å²) >= 11 is 0. The van der Waals surface area contributed by atoms with Crippen molar-refractivity contribution in [2.75, 3.05) is 0 Å². The zero-order valence-electron chi connectivity index (χ0n) is 47.7. The first-order chi connectivity index (χ1) is 34.0. The lowest BCUT2D eigenvalue weighted by molar-refractivity contribution is 0.608. The third-order valence-electron chi connectivity index (χ3n) is 14.5. The van der Waals surface area contributed by atoms with Gasteiger partial charge in [-0.25, -0.2) is 0 Å². The van der Waals surface area contributed by atoms with Gasteiger partial charge < -0.3 is 0 Å². The molecule has 3 rings (SSSR count). The third-order valence-corrected chi connectivity index (χ3v) is 24.2. The Balaban J connectivity index is 0.00000105. The Hall–Kier alpha value is -2.08. The van der Waals surface area contributed by atoms with Crippen molar-refractivity contribution in [3.63, 3.8) is 0 Å². The van der Waals surface area contributed by atoms with Gasteiger partial charge >= 0.3 is 0 Å². The maximum absolute atomic E-state index is 3.63. The number of hydrogen-bond acceptors (Lipinski definition) is 0. The van der Waals surface area contributed by atoms with Crippen molar-refractivity contribution in [2.24, 2.45) is 0 Å². The fourth-order valence-electron chi connectivity index (χ4n) is 9.99. The van der Waals surface area contributed by atoms with E-state index in [4.69, 9.17) is 0 Å². The number of rotatable bonds is 42. The number of unbranched alkanes of at least 4 members (excludes halogenated alkanes) is 29. The lowest BCUT2D eigenvalue weighted by atomic mass is 10.1. The molecule has 69 heavy (non-hydrogen) atoms. The topological polar surface area (TPSA) is 0 Å². The normalized spacial score (nSPS) is 11.0. The molecule has 394 valence electrons. The predicted molar refractivity (Wildman–Crippen MR) is 331 cm³/mol. The first kappa shape index (κ1) is 66.9. The Morgan fingerprint density at radius 1 is 0.406 bits per heavy atom. The van der Waals surface area contributed by atoms with Crippen molar-refractivity contribution in [3.05, 3.63) is 110 Å². The molecule has 3 aromatic rings. The summed E-state index contributed by atoms with van der Waals surface area (Å²) in [5, 5.41) is 4.96. The Labute approximate surface area is 440 Å². The predicted octanol–water partition coefficient (Wildman–Crippen LogP) is 19.9. The zero-order chi connectivity index (χ0) is 50.4. The Bertz CT molecular complexity index is 1330. The number of hydrogen-bond donors (Lipinski definition) is 0. The fraction of sp³-hybridized carbons (Fsp3) is 0.682. The van der Waals surface area contributed by atoms with Crippen molar-refractivity contribution in [1.29, 1.82) is 0 Å². The zero-order valence-corrected chi connectivity index (χ0v) is 51.8. The second-order valence-corrected chi connectivity index (χ2v) is 30.0. The van der Waals surface area contributed by atoms with Crippen LogP contribution in [0, 0.1) is 6.42 Å². The molecule has 0 aliphatic rings. The molecule has 0 fully saturated rings. The van der Waals surface area contributed by atoms with Crippen LogP contribution in [0.5, 0.6) is 0 Å². The molecule has 0 saturated heterocycles. The van der Waals surface area contributed by atoms with E-state index in [1.54, 1.807) is 28.5 Å². The Kier molecular flexibility index (Phi) is 52.1. The smallest absolute Gasteiger partial charge is 0.0989 e. The van der Waals surface area contributed by atoms with Crippen molar-refractivity contribution >= 4 is 42.7 Å². The molecule has 0 amide bonds. The van der Waals surface area contributed by atoms with Crippen LogP contribution < -0.4 is 15.6 Å². The average molecular weight is 997 g/mol. The summed E-state index contributed by atoms with van der Waals surface area (Å²) < 4.78 is 0. The molecule has 0 atom stereocenters. The highest BCUT2D eigenvalue weighted by molar-refractivity contribution is 6.91. The third kappa shape index (κ3) is 42.2. The largest absolute Gasteiger partial charge is 0.105 e. The minimum atomic E-state index is -1.38. The second-order valence-electron chi connectivity index (χ2n) is 21.0. The van der Waals surface area contributed by atoms with Gasteiger partial charge in [0, 0.05) is 10.2 Å². The van der Waals surface area contributed by atoms with Crippen LogP contribution in [-0.2, 0) is 0 Å². The van der Waals surface area contributed by atoms with E-state index in [9.17, 15) is 0 Å². The SMILES string of the molecule is C=CC[CH+]CCCC.CCCCCCCC[SiH](CCCCCCCC)c1ccccc1.CCCCCCCC[Si](CCCCCCCC)(CCCCCCCC)c1ccccc1.[SiH3]c1ccccc1. The van der Waals surface area contributed by atoms with Gasteiger partial charge in [-0.1, -0.05) is 384 Å². The first-order valence-corrected chi connectivity index (χ1v) is 36.4. The van der Waals surface area contributed by atoms with Crippen LogP contribution in [0.25, 0.3) is 0 Å². The van der Waals surface area contributed by atoms with E-state index in [0.29, 0.717) is 0 Å². The fourth-order valence-corrected chi connectivity index (χ4v) is 19.0. The molecule has 0 heterocycles. The minimum absolute atomic E-state index is 0.710. The highest BCUT2D eigenvalue weighted by atomic mass is 28.3.